The van der Waals surface area contributed by atoms with Crippen molar-refractivity contribution in [3.63, 3.8) is 0 Å². The Hall–Kier alpha value is -3.14. The predicted octanol–water partition coefficient (Wildman–Crippen LogP) is 4.69. The van der Waals surface area contributed by atoms with E-state index in [9.17, 15) is 0 Å². The molecule has 0 amide bonds. The van der Waals surface area contributed by atoms with Crippen LogP contribution in [0.3, 0.4) is 0 Å². The van der Waals surface area contributed by atoms with Crippen LogP contribution in [-0.2, 0) is 0 Å². The third kappa shape index (κ3) is 2.14. The van der Waals surface area contributed by atoms with Crippen molar-refractivity contribution in [1.29, 1.82) is 0 Å². The number of rotatable bonds is 2. The van der Waals surface area contributed by atoms with Crippen molar-refractivity contribution in [2.24, 2.45) is 0 Å². The quantitative estimate of drug-likeness (QED) is 0.501. The number of hydrogen-bond acceptors (Lipinski definition) is 3. The van der Waals surface area contributed by atoms with E-state index < -0.39 is 0 Å². The number of pyridine rings is 2. The second-order valence-corrected chi connectivity index (χ2v) is 6.49. The fourth-order valence-electron chi connectivity index (χ4n) is 3.69. The van der Waals surface area contributed by atoms with Crippen molar-refractivity contribution >= 4 is 27.5 Å². The molecule has 0 N–H and O–H groups in total. The van der Waals surface area contributed by atoms with Crippen LogP contribution in [0.25, 0.3) is 27.5 Å². The predicted molar refractivity (Wildman–Crippen MR) is 102 cm³/mol. The first-order chi connectivity index (χ1) is 12.3. The molecule has 0 saturated heterocycles. The largest absolute Gasteiger partial charge is 0.345 e. The van der Waals surface area contributed by atoms with Gasteiger partial charge in [-0.25, -0.2) is 0 Å². The van der Waals surface area contributed by atoms with Crippen LogP contribution in [0.5, 0.6) is 0 Å². The van der Waals surface area contributed by atoms with Crippen LogP contribution >= 0.6 is 0 Å². The minimum absolute atomic E-state index is 0.473. The summed E-state index contributed by atoms with van der Waals surface area (Å²) in [5.41, 5.74) is 4.22. The van der Waals surface area contributed by atoms with E-state index in [1.807, 2.05) is 30.6 Å². The zero-order chi connectivity index (χ0) is 16.8. The second-order valence-electron chi connectivity index (χ2n) is 6.49. The van der Waals surface area contributed by atoms with Crippen LogP contribution in [0.2, 0.25) is 0 Å². The molecule has 1 aromatic carbocycles. The highest BCUT2D eigenvalue weighted by Gasteiger charge is 2.19. The molecule has 0 radical (unpaired) electrons. The maximum atomic E-state index is 4.67. The summed E-state index contributed by atoms with van der Waals surface area (Å²) >= 11 is 0. The Balaban J connectivity index is 1.79. The fourth-order valence-corrected chi connectivity index (χ4v) is 3.69. The molecule has 1 unspecified atom stereocenters. The maximum absolute atomic E-state index is 4.67. The Morgan fingerprint density at radius 3 is 2.16 bits per heavy atom. The molecule has 0 spiro atoms. The van der Waals surface area contributed by atoms with E-state index in [1.54, 1.807) is 0 Å². The molecule has 1 atom stereocenters. The van der Waals surface area contributed by atoms with Crippen molar-refractivity contribution in [2.75, 3.05) is 4.90 Å². The molecule has 122 valence electrons. The summed E-state index contributed by atoms with van der Waals surface area (Å²) < 4.78 is 2.12. The van der Waals surface area contributed by atoms with Crippen molar-refractivity contribution in [2.45, 2.75) is 19.4 Å². The molecule has 3 aromatic heterocycles. The van der Waals surface area contributed by atoms with E-state index >= 15 is 0 Å². The summed E-state index contributed by atoms with van der Waals surface area (Å²) in [6, 6.07) is 13.0. The molecule has 4 nitrogen and oxygen atoms in total. The Morgan fingerprint density at radius 2 is 1.52 bits per heavy atom. The van der Waals surface area contributed by atoms with E-state index in [-0.39, 0.29) is 0 Å². The van der Waals surface area contributed by atoms with Gasteiger partial charge in [0.2, 0.25) is 0 Å². The first-order valence-corrected chi connectivity index (χ1v) is 8.58. The van der Waals surface area contributed by atoms with Crippen LogP contribution in [0, 0.1) is 0 Å². The van der Waals surface area contributed by atoms with Gasteiger partial charge in [-0.1, -0.05) is 6.08 Å². The Labute approximate surface area is 146 Å². The maximum Gasteiger partial charge on any atom is 0.0986 e. The van der Waals surface area contributed by atoms with Gasteiger partial charge in [-0.05, 0) is 49.7 Å². The third-order valence-electron chi connectivity index (χ3n) is 4.95. The summed E-state index contributed by atoms with van der Waals surface area (Å²) in [5.74, 6) is 0. The fraction of sp³-hybridized carbons (Fsp3) is 0.143. The highest BCUT2D eigenvalue weighted by atomic mass is 15.2. The molecule has 4 heteroatoms. The SMILES string of the molecule is CC1CC=CN1c1ccnc2c1ccc1c(-n3cccc3)ccnc12. The van der Waals surface area contributed by atoms with Gasteiger partial charge < -0.3 is 9.47 Å². The molecule has 0 aliphatic carbocycles. The van der Waals surface area contributed by atoms with Crippen LogP contribution in [-0.4, -0.2) is 20.6 Å². The van der Waals surface area contributed by atoms with Gasteiger partial charge in [0.05, 0.1) is 22.4 Å². The molecular weight excluding hydrogens is 308 g/mol. The van der Waals surface area contributed by atoms with E-state index in [4.69, 9.17) is 0 Å². The molecule has 0 fully saturated rings. The van der Waals surface area contributed by atoms with Gasteiger partial charge in [0, 0.05) is 47.8 Å². The van der Waals surface area contributed by atoms with Crippen molar-refractivity contribution in [1.82, 2.24) is 14.5 Å². The molecular formula is C21H18N4. The van der Waals surface area contributed by atoms with Gasteiger partial charge in [0.25, 0.3) is 0 Å². The monoisotopic (exact) mass is 326 g/mol. The number of hydrogen-bond donors (Lipinski definition) is 0. The summed E-state index contributed by atoms with van der Waals surface area (Å²) in [5, 5.41) is 2.26. The van der Waals surface area contributed by atoms with Gasteiger partial charge >= 0.3 is 0 Å². The molecule has 0 saturated carbocycles. The molecule has 4 aromatic rings. The lowest BCUT2D eigenvalue weighted by Crippen LogP contribution is -2.23. The highest BCUT2D eigenvalue weighted by Crippen LogP contribution is 2.34. The lowest BCUT2D eigenvalue weighted by Gasteiger charge is -2.24. The summed E-state index contributed by atoms with van der Waals surface area (Å²) in [7, 11) is 0. The summed E-state index contributed by atoms with van der Waals surface area (Å²) in [4.78, 5) is 11.6. The Morgan fingerprint density at radius 1 is 0.880 bits per heavy atom. The van der Waals surface area contributed by atoms with E-state index in [0.717, 1.165) is 33.9 Å². The molecule has 5 rings (SSSR count). The lowest BCUT2D eigenvalue weighted by molar-refractivity contribution is 0.761. The van der Waals surface area contributed by atoms with Gasteiger partial charge in [0.15, 0.2) is 0 Å². The lowest BCUT2D eigenvalue weighted by atomic mass is 10.1. The van der Waals surface area contributed by atoms with Crippen LogP contribution in [0.1, 0.15) is 13.3 Å². The van der Waals surface area contributed by atoms with Gasteiger partial charge in [-0.3, -0.25) is 9.97 Å². The van der Waals surface area contributed by atoms with Crippen molar-refractivity contribution in [3.8, 4) is 5.69 Å². The minimum atomic E-state index is 0.473. The van der Waals surface area contributed by atoms with Crippen molar-refractivity contribution in [3.05, 3.63) is 73.5 Å². The molecule has 0 bridgehead atoms. The number of fused-ring (bicyclic) bond motifs is 3. The molecule has 1 aliphatic rings. The average Bonchev–Trinajstić information content (AvgIpc) is 3.32. The Kier molecular flexibility index (Phi) is 3.10. The van der Waals surface area contributed by atoms with Crippen molar-refractivity contribution < 1.29 is 0 Å². The number of aromatic nitrogens is 3. The average molecular weight is 326 g/mol. The van der Waals surface area contributed by atoms with Gasteiger partial charge in [-0.15, -0.1) is 0 Å². The van der Waals surface area contributed by atoms with Crippen LogP contribution in [0.15, 0.2) is 73.5 Å². The third-order valence-corrected chi connectivity index (χ3v) is 4.95. The van der Waals surface area contributed by atoms with Crippen LogP contribution in [0.4, 0.5) is 5.69 Å². The first kappa shape index (κ1) is 14.2. The van der Waals surface area contributed by atoms with E-state index in [0.29, 0.717) is 6.04 Å². The zero-order valence-corrected chi connectivity index (χ0v) is 14.0. The van der Waals surface area contributed by atoms with Crippen LogP contribution < -0.4 is 4.90 Å². The van der Waals surface area contributed by atoms with E-state index in [1.165, 1.54) is 5.69 Å². The molecule has 25 heavy (non-hydrogen) atoms. The normalized spacial score (nSPS) is 17.0. The van der Waals surface area contributed by atoms with E-state index in [2.05, 4.69) is 69.2 Å². The number of nitrogens with zero attached hydrogens (tertiary/aromatic N) is 4. The summed E-state index contributed by atoms with van der Waals surface area (Å²) in [6.07, 6.45) is 13.3. The number of benzene rings is 1. The first-order valence-electron chi connectivity index (χ1n) is 8.58. The zero-order valence-electron chi connectivity index (χ0n) is 14.0. The second kappa shape index (κ2) is 5.45. The number of anilines is 1. The minimum Gasteiger partial charge on any atom is -0.345 e. The standard InChI is InChI=1S/C21H18N4/c1-15-5-4-14-25(15)19-9-11-23-21-17(19)7-6-16-18(8-10-22-20(16)21)24-12-2-3-13-24/h2-4,6-15H,5H2,1H3. The highest BCUT2D eigenvalue weighted by molar-refractivity contribution is 6.09. The smallest absolute Gasteiger partial charge is 0.0986 e. The Bertz CT molecular complexity index is 1100. The molecule has 4 heterocycles. The van der Waals surface area contributed by atoms with Gasteiger partial charge in [-0.2, -0.15) is 0 Å². The topological polar surface area (TPSA) is 34.0 Å². The summed E-state index contributed by atoms with van der Waals surface area (Å²) in [6.45, 7) is 2.25. The molecule has 1 aliphatic heterocycles. The van der Waals surface area contributed by atoms with Gasteiger partial charge in [0.1, 0.15) is 0 Å².